The van der Waals surface area contributed by atoms with E-state index in [2.05, 4.69) is 0 Å². The zero-order chi connectivity index (χ0) is 6.08. The average Bonchev–Trinajstić information content (AvgIpc) is 1.31. The van der Waals surface area contributed by atoms with Crippen molar-refractivity contribution in [3.8, 4) is 0 Å². The predicted molar refractivity (Wildman–Crippen MR) is 37.7 cm³/mol. The lowest BCUT2D eigenvalue weighted by atomic mass is 11.3. The summed E-state index contributed by atoms with van der Waals surface area (Å²) in [6, 6.07) is 0. The van der Waals surface area contributed by atoms with Crippen molar-refractivity contribution in [1.82, 2.24) is 4.31 Å². The van der Waals surface area contributed by atoms with Crippen molar-refractivity contribution in [2.75, 3.05) is 20.4 Å². The first-order chi connectivity index (χ1) is 2.94. The van der Waals surface area contributed by atoms with Gasteiger partial charge in [0.1, 0.15) is 9.92 Å². The van der Waals surface area contributed by atoms with Crippen molar-refractivity contribution in [3.05, 3.63) is 0 Å². The first-order valence-electron chi connectivity index (χ1n) is 1.86. The number of hydrogen-bond acceptors (Lipinski definition) is 2. The molecule has 0 heterocycles. The Morgan fingerprint density at radius 1 is 1.50 bits per heavy atom. The van der Waals surface area contributed by atoms with Crippen LogP contribution in [-0.4, -0.2) is 28.9 Å². The minimum Gasteiger partial charge on any atom is -0.240 e. The van der Waals surface area contributed by atoms with Gasteiger partial charge in [-0.3, -0.25) is 0 Å². The molecule has 0 aromatic carbocycles. The normalized spacial score (nSPS) is 17.0. The van der Waals surface area contributed by atoms with E-state index >= 15 is 0 Å². The van der Waals surface area contributed by atoms with Gasteiger partial charge in [0.2, 0.25) is 0 Å². The van der Waals surface area contributed by atoms with Crippen LogP contribution in [0.15, 0.2) is 0 Å². The van der Waals surface area contributed by atoms with E-state index in [-0.39, 0.29) is 12.4 Å². The summed E-state index contributed by atoms with van der Waals surface area (Å²) in [5.41, 5.74) is 0. The van der Waals surface area contributed by atoms with Crippen LogP contribution >= 0.6 is 12.4 Å². The van der Waals surface area contributed by atoms with E-state index in [1.54, 1.807) is 14.1 Å². The van der Waals surface area contributed by atoms with Gasteiger partial charge in [-0.05, 0) is 0 Å². The third kappa shape index (κ3) is 4.36. The van der Waals surface area contributed by atoms with E-state index < -0.39 is 9.92 Å². The van der Waals surface area contributed by atoms with Crippen molar-refractivity contribution in [3.63, 3.8) is 0 Å². The number of nitrogens with zero attached hydrogens (tertiary/aromatic N) is 1. The highest BCUT2D eigenvalue weighted by Gasteiger charge is 1.95. The molecule has 1 N–H and O–H groups in total. The maximum atomic E-state index is 10.5. The van der Waals surface area contributed by atoms with E-state index in [9.17, 15) is 4.21 Å². The van der Waals surface area contributed by atoms with Gasteiger partial charge in [-0.25, -0.2) is 13.3 Å². The lowest BCUT2D eigenvalue weighted by molar-refractivity contribution is 0.595. The molecular weight excluding hydrogens is 148 g/mol. The Bertz CT molecular complexity index is 139. The minimum absolute atomic E-state index is 0. The molecule has 1 unspecified atom stereocenters. The topological polar surface area (TPSA) is 44.2 Å². The zero-order valence-corrected chi connectivity index (χ0v) is 6.80. The molecule has 3 nitrogen and oxygen atoms in total. The number of rotatable bonds is 1. The molecule has 0 aromatic rings. The first-order valence-corrected chi connectivity index (χ1v) is 3.78. The van der Waals surface area contributed by atoms with Crippen molar-refractivity contribution in [2.24, 2.45) is 0 Å². The van der Waals surface area contributed by atoms with Crippen LogP contribution < -0.4 is 0 Å². The van der Waals surface area contributed by atoms with Gasteiger partial charge in [0.25, 0.3) is 0 Å². The number of hydrogen-bond donors (Lipinski definition) is 1. The van der Waals surface area contributed by atoms with Crippen molar-refractivity contribution < 1.29 is 4.21 Å². The van der Waals surface area contributed by atoms with Gasteiger partial charge in [-0.2, -0.15) is 0 Å². The maximum absolute atomic E-state index is 10.5. The third-order valence-electron chi connectivity index (χ3n) is 0.697. The fourth-order valence-electron chi connectivity index (χ4n) is 0. The van der Waals surface area contributed by atoms with Crippen LogP contribution in [0.2, 0.25) is 0 Å². The fourth-order valence-corrected chi connectivity index (χ4v) is 0. The number of halogens is 1. The van der Waals surface area contributed by atoms with Gasteiger partial charge in [0, 0.05) is 20.4 Å². The second kappa shape index (κ2) is 3.27. The molecule has 0 amide bonds. The summed E-state index contributed by atoms with van der Waals surface area (Å²) in [6.45, 7) is 0. The lowest BCUT2D eigenvalue weighted by Gasteiger charge is -2.06. The molecule has 52 valence electrons. The second-order valence-corrected chi connectivity index (χ2v) is 3.95. The highest BCUT2D eigenvalue weighted by Crippen LogP contribution is 1.85. The molecule has 0 spiro atoms. The molecule has 0 aliphatic rings. The molecule has 0 saturated heterocycles. The van der Waals surface area contributed by atoms with Gasteiger partial charge >= 0.3 is 0 Å². The van der Waals surface area contributed by atoms with Crippen LogP contribution in [-0.2, 0) is 9.92 Å². The lowest BCUT2D eigenvalue weighted by Crippen LogP contribution is -2.18. The summed E-state index contributed by atoms with van der Waals surface area (Å²) in [4.78, 5) is 0. The molecule has 5 heteroatoms. The zero-order valence-electron chi connectivity index (χ0n) is 5.17. The fraction of sp³-hybridized carbons (Fsp3) is 1.00. The molecular formula is C3H11ClN2OS. The molecule has 1 atom stereocenters. The summed E-state index contributed by atoms with van der Waals surface area (Å²) in [6.07, 6.45) is 1.38. The largest absolute Gasteiger partial charge is 0.240 e. The van der Waals surface area contributed by atoms with E-state index in [1.165, 1.54) is 10.6 Å². The summed E-state index contributed by atoms with van der Waals surface area (Å²) >= 11 is 0. The second-order valence-electron chi connectivity index (χ2n) is 1.61. The Labute approximate surface area is 56.6 Å². The van der Waals surface area contributed by atoms with Crippen molar-refractivity contribution in [2.45, 2.75) is 0 Å². The molecule has 0 saturated carbocycles. The van der Waals surface area contributed by atoms with Crippen LogP contribution in [0.5, 0.6) is 0 Å². The molecule has 0 aliphatic carbocycles. The monoisotopic (exact) mass is 158 g/mol. The van der Waals surface area contributed by atoms with Gasteiger partial charge in [-0.15, -0.1) is 12.4 Å². The van der Waals surface area contributed by atoms with E-state index in [4.69, 9.17) is 4.78 Å². The maximum Gasteiger partial charge on any atom is 0.104 e. The van der Waals surface area contributed by atoms with Crippen molar-refractivity contribution >= 4 is 22.3 Å². The Balaban J connectivity index is 0. The first kappa shape index (κ1) is 11.1. The van der Waals surface area contributed by atoms with Crippen LogP contribution in [0.1, 0.15) is 0 Å². The van der Waals surface area contributed by atoms with E-state index in [0.717, 1.165) is 0 Å². The highest BCUT2D eigenvalue weighted by atomic mass is 35.5. The molecule has 0 aromatic heterocycles. The smallest absolute Gasteiger partial charge is 0.104 e. The Kier molecular flexibility index (Phi) is 4.52. The summed E-state index contributed by atoms with van der Waals surface area (Å²) in [5, 5.41) is 0. The third-order valence-corrected chi connectivity index (χ3v) is 2.09. The summed E-state index contributed by atoms with van der Waals surface area (Å²) < 4.78 is 18.7. The average molecular weight is 159 g/mol. The van der Waals surface area contributed by atoms with Crippen LogP contribution in [0, 0.1) is 4.78 Å². The summed E-state index contributed by atoms with van der Waals surface area (Å²) in [5.74, 6) is 0. The Morgan fingerprint density at radius 3 is 1.62 bits per heavy atom. The van der Waals surface area contributed by atoms with Crippen LogP contribution in [0.25, 0.3) is 0 Å². The highest BCUT2D eigenvalue weighted by molar-refractivity contribution is 7.89. The predicted octanol–water partition coefficient (Wildman–Crippen LogP) is 0.561. The van der Waals surface area contributed by atoms with E-state index in [1.807, 2.05) is 0 Å². The van der Waals surface area contributed by atoms with Crippen molar-refractivity contribution in [1.29, 1.82) is 4.78 Å². The van der Waals surface area contributed by atoms with Gasteiger partial charge in [-0.1, -0.05) is 0 Å². The van der Waals surface area contributed by atoms with Gasteiger partial charge < -0.3 is 0 Å². The van der Waals surface area contributed by atoms with E-state index in [0.29, 0.717) is 0 Å². The van der Waals surface area contributed by atoms with Crippen LogP contribution in [0.3, 0.4) is 0 Å². The molecule has 0 aliphatic heterocycles. The minimum atomic E-state index is -2.41. The molecule has 0 rings (SSSR count). The molecule has 0 radical (unpaired) electrons. The van der Waals surface area contributed by atoms with Gasteiger partial charge in [0.05, 0.1) is 0 Å². The van der Waals surface area contributed by atoms with Gasteiger partial charge in [0.15, 0.2) is 0 Å². The molecule has 0 bridgehead atoms. The standard InChI is InChI=1S/C3H10N2OS.ClH/c1-5(2)7(3,4)6;/h4H,1-3H3;1H. The summed E-state index contributed by atoms with van der Waals surface area (Å²) in [7, 11) is 0.833. The molecule has 0 fully saturated rings. The van der Waals surface area contributed by atoms with Crippen LogP contribution in [0.4, 0.5) is 0 Å². The quantitative estimate of drug-likeness (QED) is 0.596. The molecule has 8 heavy (non-hydrogen) atoms. The SMILES string of the molecule is CN(C)S(C)(=N)=O.Cl. The number of nitrogens with one attached hydrogen (secondary N) is 1. The Morgan fingerprint density at radius 2 is 1.62 bits per heavy atom. The Hall–Kier alpha value is 0.200.